The van der Waals surface area contributed by atoms with Gasteiger partial charge < -0.3 is 63.6 Å². The second-order valence-corrected chi connectivity index (χ2v) is 20.7. The van der Waals surface area contributed by atoms with Gasteiger partial charge in [-0.05, 0) is 93.5 Å². The van der Waals surface area contributed by atoms with Gasteiger partial charge in [-0.1, -0.05) is 18.5 Å². The summed E-state index contributed by atoms with van der Waals surface area (Å²) in [5.74, 6) is -0.116. The molecule has 3 amide bonds. The van der Waals surface area contributed by atoms with Gasteiger partial charge in [0.15, 0.2) is 17.1 Å². The van der Waals surface area contributed by atoms with Crippen LogP contribution in [0.3, 0.4) is 0 Å². The number of pyridine rings is 2. The molecule has 5 aromatic rings. The topological polar surface area (TPSA) is 279 Å². The molecule has 1 atom stereocenters. The zero-order valence-electron chi connectivity index (χ0n) is 44.9. The molecule has 4 aliphatic rings. The SMILES string of the molecule is CC[C@@]1(O)C(=O)OCc2c1cc1n(c2=O)Cc2cc3c(CN(C)C(=O)CCOCCOCCOCCOCCNC(=O)C4CCN(c5ccc(C(=O)N[C@H]6CC[C@H](Oc7ccc(C#N)c(Cl)c7)CC6)nn5)CC4)c(O)ccc3nc2-1. The fourth-order valence-electron chi connectivity index (χ4n) is 10.5. The number of carbonyl (C=O) groups excluding carboxylic acids is 4. The number of nitrogens with one attached hydrogen (secondary N) is 2. The van der Waals surface area contributed by atoms with Crippen molar-refractivity contribution in [3.8, 4) is 29.0 Å². The Labute approximate surface area is 467 Å². The summed E-state index contributed by atoms with van der Waals surface area (Å²) in [6, 6.07) is 17.3. The van der Waals surface area contributed by atoms with Crippen molar-refractivity contribution in [3.05, 3.63) is 103 Å². The van der Waals surface area contributed by atoms with Crippen LogP contribution in [-0.4, -0.2) is 150 Å². The molecule has 80 heavy (non-hydrogen) atoms. The lowest BCUT2D eigenvalue weighted by atomic mass is 9.86. The average Bonchev–Trinajstić information content (AvgIpc) is 4.00. The van der Waals surface area contributed by atoms with Crippen LogP contribution in [0.5, 0.6) is 11.5 Å². The van der Waals surface area contributed by atoms with Crippen molar-refractivity contribution in [1.29, 1.82) is 5.26 Å². The van der Waals surface area contributed by atoms with Crippen LogP contribution in [0.15, 0.2) is 59.4 Å². The van der Waals surface area contributed by atoms with E-state index >= 15 is 0 Å². The number of aromatic nitrogens is 4. The average molecular weight is 1120 g/mol. The number of cyclic esters (lactones) is 1. The molecular weight excluding hydrogens is 1050 g/mol. The van der Waals surface area contributed by atoms with Gasteiger partial charge >= 0.3 is 5.97 Å². The summed E-state index contributed by atoms with van der Waals surface area (Å²) in [6.07, 6.45) is 4.50. The molecule has 3 aliphatic heterocycles. The number of anilines is 1. The van der Waals surface area contributed by atoms with E-state index in [1.807, 2.05) is 12.1 Å². The molecule has 2 aromatic carbocycles. The molecule has 6 heterocycles. The van der Waals surface area contributed by atoms with E-state index in [1.54, 1.807) is 61.0 Å². The normalized spacial score (nSPS) is 18.6. The molecule has 0 radical (unpaired) electrons. The zero-order chi connectivity index (χ0) is 56.3. The minimum Gasteiger partial charge on any atom is -0.508 e. The van der Waals surface area contributed by atoms with Gasteiger partial charge in [0, 0.05) is 73.3 Å². The van der Waals surface area contributed by atoms with Crippen molar-refractivity contribution >= 4 is 52.0 Å². The molecule has 22 nitrogen and oxygen atoms in total. The van der Waals surface area contributed by atoms with Crippen LogP contribution in [0.1, 0.15) is 96.6 Å². The van der Waals surface area contributed by atoms with E-state index in [-0.39, 0.29) is 110 Å². The standard InChI is InChI=1S/C57H66ClN9O13/c1-3-57(74)44-30-48-52-37(32-67(48)55(72)43(44)34-79-56(57)73)28-41-42(49(68)12-10-46(41)62-52)33-65(2)51(69)16-20-75-22-24-77-26-27-78-25-23-76-21-17-60-53(70)35-14-18-66(19-15-35)50-13-11-47(63-64-50)54(71)61-38-5-8-39(9-6-38)80-40-7-4-36(31-59)45(58)29-40/h4,7,10-13,28-30,35,38-39,68,74H,3,5-6,8-9,14-27,32-34H2,1-2H3,(H,60,70)(H,61,71)/t38-,39-,57-/m0/s1. The Morgan fingerprint density at radius 1 is 0.900 bits per heavy atom. The van der Waals surface area contributed by atoms with Gasteiger partial charge in [0.1, 0.15) is 24.2 Å². The third-order valence-electron chi connectivity index (χ3n) is 15.2. The largest absolute Gasteiger partial charge is 0.508 e. The van der Waals surface area contributed by atoms with E-state index in [1.165, 1.54) is 11.0 Å². The second kappa shape index (κ2) is 26.3. The van der Waals surface area contributed by atoms with Crippen LogP contribution in [0, 0.1) is 17.2 Å². The third kappa shape index (κ3) is 13.3. The van der Waals surface area contributed by atoms with E-state index in [0.717, 1.165) is 31.2 Å². The monoisotopic (exact) mass is 1120 g/mol. The number of hydrogen-bond donors (Lipinski definition) is 4. The quantitative estimate of drug-likeness (QED) is 0.0473. The molecule has 1 saturated heterocycles. The van der Waals surface area contributed by atoms with Gasteiger partial charge in [0.2, 0.25) is 11.8 Å². The number of ether oxygens (including phenoxy) is 6. The maximum Gasteiger partial charge on any atom is 0.343 e. The number of esters is 1. The molecule has 9 rings (SSSR count). The van der Waals surface area contributed by atoms with Crippen LogP contribution in [0.25, 0.3) is 22.3 Å². The Morgan fingerprint density at radius 2 is 1.61 bits per heavy atom. The Balaban J connectivity index is 0.581. The number of benzene rings is 2. The van der Waals surface area contributed by atoms with Gasteiger partial charge in [-0.3, -0.25) is 19.2 Å². The van der Waals surface area contributed by atoms with E-state index in [0.29, 0.717) is 122 Å². The fraction of sp³-hybridized carbons (Fsp3) is 0.491. The number of rotatable bonds is 24. The molecule has 0 spiro atoms. The van der Waals surface area contributed by atoms with Crippen LogP contribution in [0.4, 0.5) is 5.82 Å². The highest BCUT2D eigenvalue weighted by molar-refractivity contribution is 6.31. The minimum atomic E-state index is -1.93. The van der Waals surface area contributed by atoms with Gasteiger partial charge in [-0.25, -0.2) is 9.78 Å². The Kier molecular flexibility index (Phi) is 18.9. The Morgan fingerprint density at radius 3 is 2.29 bits per heavy atom. The summed E-state index contributed by atoms with van der Waals surface area (Å²) in [6.45, 7) is 5.94. The Hall–Kier alpha value is -7.26. The van der Waals surface area contributed by atoms with E-state index in [4.69, 9.17) is 50.3 Å². The van der Waals surface area contributed by atoms with Crippen molar-refractivity contribution in [2.24, 2.45) is 5.92 Å². The molecule has 1 saturated carbocycles. The zero-order valence-corrected chi connectivity index (χ0v) is 45.6. The molecule has 2 fully saturated rings. The number of phenols is 1. The maximum atomic E-state index is 13.6. The first-order chi connectivity index (χ1) is 38.7. The van der Waals surface area contributed by atoms with Gasteiger partial charge in [0.25, 0.3) is 11.5 Å². The van der Waals surface area contributed by atoms with Crippen LogP contribution in [0.2, 0.25) is 5.02 Å². The maximum absolute atomic E-state index is 13.6. The number of hydrogen-bond acceptors (Lipinski definition) is 18. The number of halogens is 1. The molecule has 1 aliphatic carbocycles. The van der Waals surface area contributed by atoms with Crippen molar-refractivity contribution < 1.29 is 57.8 Å². The molecular formula is C57H66ClN9O13. The summed E-state index contributed by atoms with van der Waals surface area (Å²) in [7, 11) is 1.65. The van der Waals surface area contributed by atoms with Crippen LogP contribution >= 0.6 is 11.6 Å². The summed E-state index contributed by atoms with van der Waals surface area (Å²) in [5.41, 5.74) is 1.59. The van der Waals surface area contributed by atoms with Crippen molar-refractivity contribution in [3.63, 3.8) is 0 Å². The van der Waals surface area contributed by atoms with Gasteiger partial charge in [-0.15, -0.1) is 10.2 Å². The second-order valence-electron chi connectivity index (χ2n) is 20.3. The first kappa shape index (κ1) is 57.4. The number of piperidine rings is 1. The predicted molar refractivity (Wildman–Crippen MR) is 291 cm³/mol. The minimum absolute atomic E-state index is 0.00251. The van der Waals surface area contributed by atoms with Gasteiger partial charge in [-0.2, -0.15) is 5.26 Å². The van der Waals surface area contributed by atoms with Crippen molar-refractivity contribution in [1.82, 2.24) is 35.3 Å². The number of carbonyl (C=O) groups is 4. The highest BCUT2D eigenvalue weighted by Crippen LogP contribution is 2.40. The number of nitrogens with zero attached hydrogens (tertiary/aromatic N) is 7. The lowest BCUT2D eigenvalue weighted by Gasteiger charge is -2.32. The van der Waals surface area contributed by atoms with Crippen LogP contribution in [-0.2, 0) is 63.4 Å². The van der Waals surface area contributed by atoms with Gasteiger partial charge in [0.05, 0.1) is 105 Å². The van der Waals surface area contributed by atoms with E-state index in [9.17, 15) is 34.2 Å². The number of fused-ring (bicyclic) bond motifs is 5. The molecule has 4 N–H and O–H groups in total. The smallest absolute Gasteiger partial charge is 0.343 e. The third-order valence-corrected chi connectivity index (χ3v) is 15.5. The number of aliphatic hydroxyl groups is 1. The predicted octanol–water partition coefficient (Wildman–Crippen LogP) is 4.67. The molecule has 0 bridgehead atoms. The summed E-state index contributed by atoms with van der Waals surface area (Å²) >= 11 is 6.14. The van der Waals surface area contributed by atoms with Crippen molar-refractivity contribution in [2.75, 3.05) is 84.4 Å². The first-order valence-electron chi connectivity index (χ1n) is 27.1. The number of amides is 3. The van der Waals surface area contributed by atoms with Crippen LogP contribution < -0.4 is 25.8 Å². The highest BCUT2D eigenvalue weighted by atomic mass is 35.5. The summed E-state index contributed by atoms with van der Waals surface area (Å²) in [4.78, 5) is 73.6. The fourth-order valence-corrected chi connectivity index (χ4v) is 10.7. The molecule has 424 valence electrons. The highest BCUT2D eigenvalue weighted by Gasteiger charge is 2.45. The summed E-state index contributed by atoms with van der Waals surface area (Å²) < 4.78 is 35.2. The lowest BCUT2D eigenvalue weighted by molar-refractivity contribution is -0.172. The first-order valence-corrected chi connectivity index (χ1v) is 27.5. The van der Waals surface area contributed by atoms with Crippen molar-refractivity contribution in [2.45, 2.75) is 95.7 Å². The molecule has 23 heteroatoms. The number of aromatic hydroxyl groups is 1. The number of nitriles is 1. The van der Waals surface area contributed by atoms with E-state index in [2.05, 4.69) is 25.7 Å². The lowest BCUT2D eigenvalue weighted by Crippen LogP contribution is -2.44. The number of phenolic OH excluding ortho intramolecular Hbond substituents is 1. The molecule has 0 unspecified atom stereocenters. The molecule has 3 aromatic heterocycles. The Bertz CT molecular complexity index is 3170. The van der Waals surface area contributed by atoms with E-state index < -0.39 is 11.6 Å². The summed E-state index contributed by atoms with van der Waals surface area (Å²) in [5, 5.41) is 46.8.